The summed E-state index contributed by atoms with van der Waals surface area (Å²) in [5.41, 5.74) is 0.123. The highest BCUT2D eigenvalue weighted by molar-refractivity contribution is 5.76. The second-order valence-electron chi connectivity index (χ2n) is 7.12. The number of carbonyl (C=O) groups excluding carboxylic acids is 1. The van der Waals surface area contributed by atoms with Crippen LogP contribution in [0.25, 0.3) is 0 Å². The van der Waals surface area contributed by atoms with Crippen molar-refractivity contribution in [3.8, 4) is 0 Å². The number of aryl methyl sites for hydroxylation is 1. The number of nitrogens with zero attached hydrogens (tertiary/aromatic N) is 2. The van der Waals surface area contributed by atoms with Crippen LogP contribution < -0.4 is 10.9 Å². The molecule has 2 aromatic carbocycles. The number of H-pyrrole nitrogens is 1. The predicted octanol–water partition coefficient (Wildman–Crippen LogP) is 3.58. The molecule has 0 bridgehead atoms. The Morgan fingerprint density at radius 3 is 2.52 bits per heavy atom. The minimum Gasteiger partial charge on any atom is -0.350 e. The van der Waals surface area contributed by atoms with Crippen LogP contribution in [0.3, 0.4) is 0 Å². The van der Waals surface area contributed by atoms with E-state index in [1.807, 2.05) is 37.3 Å². The highest BCUT2D eigenvalue weighted by Crippen LogP contribution is 2.29. The Labute approximate surface area is 176 Å². The maximum absolute atomic E-state index is 12.8. The van der Waals surface area contributed by atoms with E-state index in [4.69, 9.17) is 0 Å². The van der Waals surface area contributed by atoms with Crippen LogP contribution in [-0.4, -0.2) is 21.1 Å². The molecule has 0 aliphatic rings. The molecular weight excluding hydrogens is 409 g/mol. The molecule has 1 atom stereocenters. The van der Waals surface area contributed by atoms with Gasteiger partial charge in [-0.25, -0.2) is 0 Å². The van der Waals surface area contributed by atoms with Crippen LogP contribution in [-0.2, 0) is 23.8 Å². The van der Waals surface area contributed by atoms with Crippen molar-refractivity contribution in [3.63, 3.8) is 0 Å². The van der Waals surface area contributed by atoms with Gasteiger partial charge >= 0.3 is 6.18 Å². The topological polar surface area (TPSA) is 87.7 Å². The van der Waals surface area contributed by atoms with E-state index in [2.05, 4.69) is 20.5 Å². The summed E-state index contributed by atoms with van der Waals surface area (Å²) in [4.78, 5) is 26.9. The Balaban J connectivity index is 1.58. The third-order valence-corrected chi connectivity index (χ3v) is 4.70. The lowest BCUT2D eigenvalue weighted by Crippen LogP contribution is -2.28. The molecular formula is C22H21F3N4O2. The van der Waals surface area contributed by atoms with Gasteiger partial charge in [0.05, 0.1) is 11.6 Å². The zero-order valence-corrected chi connectivity index (χ0v) is 16.7. The first-order valence-corrected chi connectivity index (χ1v) is 9.67. The van der Waals surface area contributed by atoms with Gasteiger partial charge in [0.15, 0.2) is 0 Å². The molecule has 0 saturated heterocycles. The Morgan fingerprint density at radius 2 is 1.84 bits per heavy atom. The van der Waals surface area contributed by atoms with E-state index in [-0.39, 0.29) is 42.7 Å². The average molecular weight is 430 g/mol. The average Bonchev–Trinajstić information content (AvgIpc) is 2.73. The van der Waals surface area contributed by atoms with Crippen molar-refractivity contribution in [1.82, 2.24) is 20.5 Å². The Kier molecular flexibility index (Phi) is 6.84. The summed E-state index contributed by atoms with van der Waals surface area (Å²) in [6, 6.07) is 14.1. The summed E-state index contributed by atoms with van der Waals surface area (Å²) in [6.07, 6.45) is -4.29. The molecule has 1 aromatic heterocycles. The van der Waals surface area contributed by atoms with Crippen LogP contribution in [0.2, 0.25) is 0 Å². The zero-order chi connectivity index (χ0) is 22.4. The summed E-state index contributed by atoms with van der Waals surface area (Å²) >= 11 is 0. The van der Waals surface area contributed by atoms with Crippen LogP contribution in [0, 0.1) is 0 Å². The Morgan fingerprint density at radius 1 is 1.10 bits per heavy atom. The number of carbonyl (C=O) groups is 1. The number of aromatic nitrogens is 3. The Bertz CT molecular complexity index is 1100. The summed E-state index contributed by atoms with van der Waals surface area (Å²) in [6.45, 7) is 1.86. The van der Waals surface area contributed by atoms with Crippen LogP contribution >= 0.6 is 0 Å². The molecule has 0 fully saturated rings. The second-order valence-corrected chi connectivity index (χ2v) is 7.12. The van der Waals surface area contributed by atoms with Gasteiger partial charge in [-0.15, -0.1) is 10.2 Å². The predicted molar refractivity (Wildman–Crippen MR) is 108 cm³/mol. The standard InChI is InChI=1S/C22H21F3N4O2/c1-14(16-7-3-2-4-8-16)26-20(30)11-10-18-21(31)27-19(29-28-18)13-15-6-5-9-17(12-15)22(23,24)25/h2-9,12,14H,10-11,13H2,1H3,(H,26,30)(H,27,29,31)/t14-/m0/s1. The van der Waals surface area contributed by atoms with E-state index in [9.17, 15) is 22.8 Å². The lowest BCUT2D eigenvalue weighted by molar-refractivity contribution is -0.137. The maximum atomic E-state index is 12.8. The fraction of sp³-hybridized carbons (Fsp3) is 0.273. The first-order valence-electron chi connectivity index (χ1n) is 9.67. The number of halogens is 3. The van der Waals surface area contributed by atoms with Gasteiger partial charge in [-0.1, -0.05) is 48.5 Å². The van der Waals surface area contributed by atoms with E-state index in [0.717, 1.165) is 17.7 Å². The minimum atomic E-state index is -4.45. The van der Waals surface area contributed by atoms with Gasteiger partial charge in [-0.05, 0) is 24.1 Å². The van der Waals surface area contributed by atoms with Crippen LogP contribution in [0.5, 0.6) is 0 Å². The van der Waals surface area contributed by atoms with Crippen molar-refractivity contribution in [3.05, 3.63) is 93.2 Å². The van der Waals surface area contributed by atoms with Crippen molar-refractivity contribution < 1.29 is 18.0 Å². The molecule has 3 rings (SSSR count). The van der Waals surface area contributed by atoms with Crippen molar-refractivity contribution in [2.45, 2.75) is 38.4 Å². The minimum absolute atomic E-state index is 0.00150. The van der Waals surface area contributed by atoms with E-state index in [0.29, 0.717) is 5.56 Å². The first kappa shape index (κ1) is 22.2. The normalized spacial score (nSPS) is 12.4. The molecule has 0 aliphatic carbocycles. The van der Waals surface area contributed by atoms with Crippen LogP contribution in [0.15, 0.2) is 59.4 Å². The van der Waals surface area contributed by atoms with E-state index in [1.54, 1.807) is 0 Å². The molecule has 0 spiro atoms. The van der Waals surface area contributed by atoms with Gasteiger partial charge in [0.2, 0.25) is 5.91 Å². The largest absolute Gasteiger partial charge is 0.416 e. The quantitative estimate of drug-likeness (QED) is 0.600. The molecule has 1 amide bonds. The highest BCUT2D eigenvalue weighted by atomic mass is 19.4. The number of nitrogens with one attached hydrogen (secondary N) is 2. The molecule has 31 heavy (non-hydrogen) atoms. The van der Waals surface area contributed by atoms with E-state index in [1.165, 1.54) is 12.1 Å². The third kappa shape index (κ3) is 6.24. The maximum Gasteiger partial charge on any atom is 0.416 e. The molecule has 3 aromatic rings. The summed E-state index contributed by atoms with van der Waals surface area (Å²) in [5.74, 6) is -0.0826. The molecule has 0 radical (unpaired) electrons. The molecule has 1 heterocycles. The van der Waals surface area contributed by atoms with E-state index < -0.39 is 17.3 Å². The van der Waals surface area contributed by atoms with Crippen molar-refractivity contribution in [2.75, 3.05) is 0 Å². The molecule has 0 aliphatic heterocycles. The van der Waals surface area contributed by atoms with Gasteiger partial charge in [0, 0.05) is 19.3 Å². The number of aromatic amines is 1. The number of amides is 1. The summed E-state index contributed by atoms with van der Waals surface area (Å²) < 4.78 is 38.5. The van der Waals surface area contributed by atoms with Gasteiger partial charge in [0.25, 0.3) is 5.56 Å². The molecule has 6 nitrogen and oxygen atoms in total. The third-order valence-electron chi connectivity index (χ3n) is 4.70. The Hall–Kier alpha value is -3.49. The second kappa shape index (κ2) is 9.55. The molecule has 162 valence electrons. The smallest absolute Gasteiger partial charge is 0.350 e. The lowest BCUT2D eigenvalue weighted by atomic mass is 10.1. The van der Waals surface area contributed by atoms with Crippen LogP contribution in [0.4, 0.5) is 13.2 Å². The van der Waals surface area contributed by atoms with Gasteiger partial charge in [-0.2, -0.15) is 13.2 Å². The van der Waals surface area contributed by atoms with Crippen LogP contribution in [0.1, 0.15) is 47.6 Å². The number of rotatable bonds is 7. The number of benzene rings is 2. The number of hydrogen-bond acceptors (Lipinski definition) is 4. The SMILES string of the molecule is C[C@H](NC(=O)CCc1nnc(Cc2cccc(C(F)(F)F)c2)[nH]c1=O)c1ccccc1. The number of alkyl halides is 3. The first-order chi connectivity index (χ1) is 14.7. The van der Waals surface area contributed by atoms with Gasteiger partial charge < -0.3 is 10.3 Å². The van der Waals surface area contributed by atoms with Gasteiger partial charge in [-0.3, -0.25) is 9.59 Å². The monoisotopic (exact) mass is 430 g/mol. The summed E-state index contributed by atoms with van der Waals surface area (Å²) in [5, 5.41) is 10.6. The number of hydrogen-bond donors (Lipinski definition) is 2. The zero-order valence-electron chi connectivity index (χ0n) is 16.7. The molecule has 0 saturated carbocycles. The van der Waals surface area contributed by atoms with Crippen molar-refractivity contribution >= 4 is 5.91 Å². The van der Waals surface area contributed by atoms with Crippen molar-refractivity contribution in [1.29, 1.82) is 0 Å². The van der Waals surface area contributed by atoms with Crippen molar-refractivity contribution in [2.24, 2.45) is 0 Å². The lowest BCUT2D eigenvalue weighted by Gasteiger charge is -2.14. The fourth-order valence-corrected chi connectivity index (χ4v) is 3.06. The highest BCUT2D eigenvalue weighted by Gasteiger charge is 2.30. The molecule has 0 unspecified atom stereocenters. The van der Waals surface area contributed by atoms with E-state index >= 15 is 0 Å². The molecule has 2 N–H and O–H groups in total. The summed E-state index contributed by atoms with van der Waals surface area (Å²) in [7, 11) is 0. The van der Waals surface area contributed by atoms with Gasteiger partial charge in [0.1, 0.15) is 11.5 Å². The fourth-order valence-electron chi connectivity index (χ4n) is 3.06. The molecule has 9 heteroatoms.